The van der Waals surface area contributed by atoms with Gasteiger partial charge in [0, 0.05) is 6.54 Å². The summed E-state index contributed by atoms with van der Waals surface area (Å²) in [7, 11) is 1.70. The molecule has 1 heterocycles. The number of rotatable bonds is 4. The van der Waals surface area contributed by atoms with Crippen LogP contribution in [0.5, 0.6) is 0 Å². The molecule has 2 unspecified atom stereocenters. The summed E-state index contributed by atoms with van der Waals surface area (Å²) in [6, 6.07) is -0.649. The second-order valence-corrected chi connectivity index (χ2v) is 3.87. The third-order valence-corrected chi connectivity index (χ3v) is 2.72. The van der Waals surface area contributed by atoms with Crippen LogP contribution in [0.15, 0.2) is 0 Å². The fourth-order valence-corrected chi connectivity index (χ4v) is 1.69. The van der Waals surface area contributed by atoms with Crippen molar-refractivity contribution in [1.29, 1.82) is 0 Å². The Morgan fingerprint density at radius 1 is 1.62 bits per heavy atom. The largest absolute Gasteiger partial charge is 0.481 e. The lowest BCUT2D eigenvalue weighted by molar-refractivity contribution is -0.147. The zero-order valence-electron chi connectivity index (χ0n) is 9.60. The number of carboxylic acid groups (broad SMARTS) is 1. The van der Waals surface area contributed by atoms with Gasteiger partial charge in [0.1, 0.15) is 0 Å². The van der Waals surface area contributed by atoms with Crippen molar-refractivity contribution in [2.45, 2.75) is 25.4 Å². The topological polar surface area (TPSA) is 78.9 Å². The van der Waals surface area contributed by atoms with Gasteiger partial charge in [0.15, 0.2) is 0 Å². The van der Waals surface area contributed by atoms with Gasteiger partial charge in [-0.25, -0.2) is 0 Å². The number of carbonyl (C=O) groups is 2. The molecule has 0 aromatic rings. The fraction of sp³-hybridized carbons (Fsp3) is 0.800. The molecule has 2 N–H and O–H groups in total. The number of hydrogen-bond acceptors (Lipinski definition) is 4. The molecule has 6 nitrogen and oxygen atoms in total. The fourth-order valence-electron chi connectivity index (χ4n) is 1.69. The predicted octanol–water partition coefficient (Wildman–Crippen LogP) is -0.704. The molecule has 16 heavy (non-hydrogen) atoms. The van der Waals surface area contributed by atoms with Gasteiger partial charge in [-0.15, -0.1) is 0 Å². The van der Waals surface area contributed by atoms with E-state index in [2.05, 4.69) is 5.32 Å². The first kappa shape index (κ1) is 12.9. The quantitative estimate of drug-likeness (QED) is 0.667. The van der Waals surface area contributed by atoms with Crippen LogP contribution >= 0.6 is 0 Å². The van der Waals surface area contributed by atoms with Gasteiger partial charge in [0.05, 0.1) is 31.7 Å². The van der Waals surface area contributed by atoms with Gasteiger partial charge < -0.3 is 20.1 Å². The first-order valence-electron chi connectivity index (χ1n) is 5.33. The lowest BCUT2D eigenvalue weighted by Crippen LogP contribution is -2.54. The number of nitrogens with zero attached hydrogens (tertiary/aromatic N) is 1. The molecule has 1 fully saturated rings. The van der Waals surface area contributed by atoms with E-state index in [1.165, 1.54) is 0 Å². The number of aliphatic carboxylic acids is 1. The highest BCUT2D eigenvalue weighted by Gasteiger charge is 2.30. The number of morpholine rings is 1. The van der Waals surface area contributed by atoms with Crippen LogP contribution in [0.4, 0.5) is 0 Å². The minimum atomic E-state index is -0.912. The minimum Gasteiger partial charge on any atom is -0.481 e. The smallest absolute Gasteiger partial charge is 0.305 e. The van der Waals surface area contributed by atoms with Crippen molar-refractivity contribution < 1.29 is 19.4 Å². The minimum absolute atomic E-state index is 0.0673. The van der Waals surface area contributed by atoms with Gasteiger partial charge in [-0.05, 0) is 14.0 Å². The standard InChI is InChI=1S/C10H18N2O4/c1-7(11-2)10(15)12-3-4-16-6-8(12)5-9(13)14/h7-8,11H,3-6H2,1-2H3,(H,13,14). The number of carboxylic acids is 1. The van der Waals surface area contributed by atoms with Crippen LogP contribution in [-0.2, 0) is 14.3 Å². The van der Waals surface area contributed by atoms with Crippen LogP contribution in [0.1, 0.15) is 13.3 Å². The van der Waals surface area contributed by atoms with Crippen LogP contribution < -0.4 is 5.32 Å². The van der Waals surface area contributed by atoms with Crippen molar-refractivity contribution in [3.05, 3.63) is 0 Å². The van der Waals surface area contributed by atoms with Gasteiger partial charge in [-0.1, -0.05) is 0 Å². The maximum Gasteiger partial charge on any atom is 0.305 e. The Morgan fingerprint density at radius 3 is 2.88 bits per heavy atom. The summed E-state index contributed by atoms with van der Waals surface area (Å²) in [5.41, 5.74) is 0. The maximum absolute atomic E-state index is 11.9. The van der Waals surface area contributed by atoms with E-state index in [9.17, 15) is 9.59 Å². The molecule has 0 bridgehead atoms. The van der Waals surface area contributed by atoms with Crippen molar-refractivity contribution in [2.75, 3.05) is 26.8 Å². The highest BCUT2D eigenvalue weighted by atomic mass is 16.5. The molecule has 0 saturated carbocycles. The first-order valence-corrected chi connectivity index (χ1v) is 5.33. The summed E-state index contributed by atoms with van der Waals surface area (Å²) >= 11 is 0. The van der Waals surface area contributed by atoms with Crippen molar-refractivity contribution in [1.82, 2.24) is 10.2 Å². The summed E-state index contributed by atoms with van der Waals surface area (Å²) in [5, 5.41) is 11.6. The van der Waals surface area contributed by atoms with Crippen LogP contribution in [0.3, 0.4) is 0 Å². The van der Waals surface area contributed by atoms with E-state index in [1.54, 1.807) is 18.9 Å². The number of carbonyl (C=O) groups excluding carboxylic acids is 1. The van der Waals surface area contributed by atoms with Crippen molar-refractivity contribution in [3.8, 4) is 0 Å². The van der Waals surface area contributed by atoms with Crippen LogP contribution in [0, 0.1) is 0 Å². The Hall–Kier alpha value is -1.14. The highest BCUT2D eigenvalue weighted by Crippen LogP contribution is 2.12. The molecule has 6 heteroatoms. The Balaban J connectivity index is 2.65. The zero-order valence-corrected chi connectivity index (χ0v) is 9.60. The monoisotopic (exact) mass is 230 g/mol. The first-order chi connectivity index (χ1) is 7.56. The SMILES string of the molecule is CNC(C)C(=O)N1CCOCC1CC(=O)O. The van der Waals surface area contributed by atoms with Crippen molar-refractivity contribution >= 4 is 11.9 Å². The van der Waals surface area contributed by atoms with Crippen LogP contribution in [0.25, 0.3) is 0 Å². The summed E-state index contributed by atoms with van der Waals surface area (Å²) in [6.07, 6.45) is -0.0673. The molecule has 1 aliphatic heterocycles. The molecule has 1 rings (SSSR count). The Bertz CT molecular complexity index is 270. The second kappa shape index (κ2) is 5.81. The molecular formula is C10H18N2O4. The summed E-state index contributed by atoms with van der Waals surface area (Å²) in [5.74, 6) is -0.984. The molecule has 0 aromatic heterocycles. The summed E-state index contributed by atoms with van der Waals surface area (Å²) in [4.78, 5) is 24.2. The average molecular weight is 230 g/mol. The van der Waals surface area contributed by atoms with Gasteiger partial charge in [0.2, 0.25) is 5.91 Å². The van der Waals surface area contributed by atoms with E-state index >= 15 is 0 Å². The lowest BCUT2D eigenvalue weighted by Gasteiger charge is -2.36. The Kier molecular flexibility index (Phi) is 4.70. The summed E-state index contributed by atoms with van der Waals surface area (Å²) in [6.45, 7) is 2.99. The molecule has 1 saturated heterocycles. The highest BCUT2D eigenvalue weighted by molar-refractivity contribution is 5.82. The van der Waals surface area contributed by atoms with Crippen molar-refractivity contribution in [2.24, 2.45) is 0 Å². The third kappa shape index (κ3) is 3.18. The third-order valence-electron chi connectivity index (χ3n) is 2.72. The van der Waals surface area contributed by atoms with E-state index in [1.807, 2.05) is 0 Å². The molecule has 0 aliphatic carbocycles. The maximum atomic E-state index is 11.9. The van der Waals surface area contributed by atoms with E-state index < -0.39 is 5.97 Å². The van der Waals surface area contributed by atoms with Gasteiger partial charge in [-0.2, -0.15) is 0 Å². The van der Waals surface area contributed by atoms with E-state index in [0.717, 1.165) is 0 Å². The summed E-state index contributed by atoms with van der Waals surface area (Å²) < 4.78 is 5.20. The van der Waals surface area contributed by atoms with Crippen molar-refractivity contribution in [3.63, 3.8) is 0 Å². The average Bonchev–Trinajstić information content (AvgIpc) is 2.27. The molecular weight excluding hydrogens is 212 g/mol. The lowest BCUT2D eigenvalue weighted by atomic mass is 10.1. The van der Waals surface area contributed by atoms with Crippen LogP contribution in [-0.4, -0.2) is 60.8 Å². The number of likely N-dealkylation sites (N-methyl/N-ethyl adjacent to an activating group) is 1. The number of hydrogen-bond donors (Lipinski definition) is 2. The number of ether oxygens (including phenoxy) is 1. The number of amides is 1. The van der Waals surface area contributed by atoms with Gasteiger partial charge in [0.25, 0.3) is 0 Å². The van der Waals surface area contributed by atoms with E-state index in [-0.39, 0.29) is 24.4 Å². The Morgan fingerprint density at radius 2 is 2.31 bits per heavy atom. The number of nitrogens with one attached hydrogen (secondary N) is 1. The molecule has 2 atom stereocenters. The zero-order chi connectivity index (χ0) is 12.1. The van der Waals surface area contributed by atoms with Crippen LogP contribution in [0.2, 0.25) is 0 Å². The van der Waals surface area contributed by atoms with Gasteiger partial charge >= 0.3 is 5.97 Å². The van der Waals surface area contributed by atoms with Gasteiger partial charge in [-0.3, -0.25) is 9.59 Å². The molecule has 92 valence electrons. The molecule has 0 aromatic carbocycles. The Labute approximate surface area is 94.6 Å². The molecule has 0 radical (unpaired) electrons. The van der Waals surface area contributed by atoms with E-state index in [4.69, 9.17) is 9.84 Å². The normalized spacial score (nSPS) is 22.9. The predicted molar refractivity (Wildman–Crippen MR) is 57.1 cm³/mol. The molecule has 1 aliphatic rings. The van der Waals surface area contributed by atoms with E-state index in [0.29, 0.717) is 19.8 Å². The molecule has 1 amide bonds. The second-order valence-electron chi connectivity index (χ2n) is 3.87. The molecule has 0 spiro atoms.